The smallest absolute Gasteiger partial charge is 0.182 e. The van der Waals surface area contributed by atoms with Crippen LogP contribution < -0.4 is 10.6 Å². The standard InChI is InChI=1S/C27H27F3N6O/c1-16-6-19(31)13-35(12-16)24-4-5-32-10-17(24)7-25-33-11-20-2-3-23(34-36(20)25)26-21(28)8-18(9-22(26)29)27(30)14-37-15-27/h2-5,8-11,16,19H,6-7,12-15,31H2,1H3/t16-,19+/m1/s1. The average molecular weight is 509 g/mol. The summed E-state index contributed by atoms with van der Waals surface area (Å²) in [6.07, 6.45) is 6.64. The summed E-state index contributed by atoms with van der Waals surface area (Å²) in [6, 6.07) is 7.36. The summed E-state index contributed by atoms with van der Waals surface area (Å²) < 4.78 is 51.2. The Morgan fingerprint density at radius 2 is 1.89 bits per heavy atom. The van der Waals surface area contributed by atoms with Crippen molar-refractivity contribution in [2.45, 2.75) is 31.5 Å². The van der Waals surface area contributed by atoms with E-state index in [0.717, 1.165) is 42.9 Å². The molecule has 5 heterocycles. The van der Waals surface area contributed by atoms with Gasteiger partial charge in [0, 0.05) is 49.2 Å². The van der Waals surface area contributed by atoms with Gasteiger partial charge in [-0.15, -0.1) is 0 Å². The Labute approximate surface area is 212 Å². The van der Waals surface area contributed by atoms with E-state index in [9.17, 15) is 4.39 Å². The van der Waals surface area contributed by atoms with Crippen molar-refractivity contribution in [2.75, 3.05) is 31.2 Å². The summed E-state index contributed by atoms with van der Waals surface area (Å²) in [5.41, 5.74) is 6.80. The number of halogens is 3. The molecule has 2 N–H and O–H groups in total. The molecule has 2 saturated heterocycles. The highest BCUT2D eigenvalue weighted by Gasteiger charge is 2.41. The van der Waals surface area contributed by atoms with Gasteiger partial charge in [0.25, 0.3) is 0 Å². The Bertz CT molecular complexity index is 1440. The molecule has 3 aromatic heterocycles. The first-order chi connectivity index (χ1) is 17.8. The second-order valence-corrected chi connectivity index (χ2v) is 10.2. The molecule has 1 aromatic carbocycles. The maximum absolute atomic E-state index is 15.0. The van der Waals surface area contributed by atoms with Crippen molar-refractivity contribution in [3.8, 4) is 11.3 Å². The lowest BCUT2D eigenvalue weighted by Crippen LogP contribution is -2.46. The summed E-state index contributed by atoms with van der Waals surface area (Å²) in [5.74, 6) is -0.677. The second kappa shape index (κ2) is 9.11. The van der Waals surface area contributed by atoms with Gasteiger partial charge in [-0.3, -0.25) is 4.98 Å². The van der Waals surface area contributed by atoms with E-state index >= 15 is 8.78 Å². The Balaban J connectivity index is 1.35. The van der Waals surface area contributed by atoms with E-state index in [-0.39, 0.29) is 36.1 Å². The van der Waals surface area contributed by atoms with Gasteiger partial charge in [0.2, 0.25) is 0 Å². The number of piperidine rings is 1. The fourth-order valence-electron chi connectivity index (χ4n) is 5.34. The summed E-state index contributed by atoms with van der Waals surface area (Å²) >= 11 is 0. The van der Waals surface area contributed by atoms with Crippen LogP contribution in [0.5, 0.6) is 0 Å². The Hall–Kier alpha value is -3.50. The number of rotatable bonds is 5. The number of alkyl halides is 1. The molecular weight excluding hydrogens is 481 g/mol. The van der Waals surface area contributed by atoms with Crippen molar-refractivity contribution >= 4 is 11.2 Å². The van der Waals surface area contributed by atoms with Crippen molar-refractivity contribution in [3.05, 3.63) is 77.5 Å². The third-order valence-electron chi connectivity index (χ3n) is 7.19. The topological polar surface area (TPSA) is 81.6 Å². The van der Waals surface area contributed by atoms with Gasteiger partial charge < -0.3 is 15.4 Å². The minimum absolute atomic E-state index is 0.0715. The molecule has 0 aliphatic carbocycles. The molecule has 192 valence electrons. The predicted molar refractivity (Wildman–Crippen MR) is 133 cm³/mol. The monoisotopic (exact) mass is 508 g/mol. The number of hydrogen-bond acceptors (Lipinski definition) is 6. The lowest BCUT2D eigenvalue weighted by atomic mass is 9.92. The number of ether oxygens (including phenoxy) is 1. The van der Waals surface area contributed by atoms with Gasteiger partial charge in [-0.2, -0.15) is 5.10 Å². The van der Waals surface area contributed by atoms with E-state index in [4.69, 9.17) is 10.5 Å². The molecule has 0 radical (unpaired) electrons. The molecule has 6 rings (SSSR count). The van der Waals surface area contributed by atoms with Crippen LogP contribution in [0.2, 0.25) is 0 Å². The Morgan fingerprint density at radius 3 is 2.59 bits per heavy atom. The first kappa shape index (κ1) is 23.9. The number of nitrogens with zero attached hydrogens (tertiary/aromatic N) is 5. The van der Waals surface area contributed by atoms with E-state index in [0.29, 0.717) is 23.7 Å². The number of anilines is 1. The van der Waals surface area contributed by atoms with Gasteiger partial charge in [0.1, 0.15) is 17.5 Å². The Kier molecular flexibility index (Phi) is 5.88. The number of pyridine rings is 1. The third kappa shape index (κ3) is 4.34. The van der Waals surface area contributed by atoms with Crippen LogP contribution in [0.4, 0.5) is 18.9 Å². The molecule has 4 aromatic rings. The third-order valence-corrected chi connectivity index (χ3v) is 7.19. The summed E-state index contributed by atoms with van der Waals surface area (Å²) in [7, 11) is 0. The second-order valence-electron chi connectivity index (χ2n) is 10.2. The molecule has 0 saturated carbocycles. The van der Waals surface area contributed by atoms with Gasteiger partial charge >= 0.3 is 0 Å². The van der Waals surface area contributed by atoms with E-state index in [2.05, 4.69) is 26.9 Å². The zero-order valence-corrected chi connectivity index (χ0v) is 20.4. The van der Waals surface area contributed by atoms with Crippen LogP contribution >= 0.6 is 0 Å². The fourth-order valence-corrected chi connectivity index (χ4v) is 5.34. The van der Waals surface area contributed by atoms with Gasteiger partial charge in [0.15, 0.2) is 5.67 Å². The molecule has 37 heavy (non-hydrogen) atoms. The highest BCUT2D eigenvalue weighted by Crippen LogP contribution is 2.37. The number of imidazole rings is 1. The van der Waals surface area contributed by atoms with Gasteiger partial charge in [-0.1, -0.05) is 6.92 Å². The van der Waals surface area contributed by atoms with Crippen LogP contribution in [-0.2, 0) is 16.8 Å². The predicted octanol–water partition coefficient (Wildman–Crippen LogP) is 4.03. The summed E-state index contributed by atoms with van der Waals surface area (Å²) in [5, 5.41) is 4.52. The number of fused-ring (bicyclic) bond motifs is 1. The maximum atomic E-state index is 15.0. The van der Waals surface area contributed by atoms with Crippen molar-refractivity contribution < 1.29 is 17.9 Å². The molecule has 0 amide bonds. The number of benzene rings is 1. The molecule has 0 bridgehead atoms. The fraction of sp³-hybridized carbons (Fsp3) is 0.370. The van der Waals surface area contributed by atoms with Crippen molar-refractivity contribution in [1.29, 1.82) is 0 Å². The number of nitrogens with two attached hydrogens (primary N) is 1. The molecule has 0 spiro atoms. The molecule has 2 aliphatic heterocycles. The average Bonchev–Trinajstić information content (AvgIpc) is 3.24. The molecule has 7 nitrogen and oxygen atoms in total. The van der Waals surface area contributed by atoms with Gasteiger partial charge in [0.05, 0.1) is 36.2 Å². The van der Waals surface area contributed by atoms with Gasteiger partial charge in [-0.25, -0.2) is 22.7 Å². The highest BCUT2D eigenvalue weighted by molar-refractivity contribution is 5.64. The number of hydrogen-bond donors (Lipinski definition) is 1. The summed E-state index contributed by atoms with van der Waals surface area (Å²) in [6.45, 7) is 3.42. The summed E-state index contributed by atoms with van der Waals surface area (Å²) in [4.78, 5) is 11.1. The van der Waals surface area contributed by atoms with Crippen molar-refractivity contribution in [3.63, 3.8) is 0 Å². The molecule has 2 aliphatic rings. The zero-order chi connectivity index (χ0) is 25.7. The van der Waals surface area contributed by atoms with Crippen LogP contribution in [0, 0.1) is 17.6 Å². The lowest BCUT2D eigenvalue weighted by Gasteiger charge is -2.37. The quantitative estimate of drug-likeness (QED) is 0.439. The van der Waals surface area contributed by atoms with E-state index in [1.807, 2.05) is 6.07 Å². The minimum Gasteiger partial charge on any atom is -0.374 e. The number of aromatic nitrogens is 4. The first-order valence-corrected chi connectivity index (χ1v) is 12.3. The molecular formula is C27H27F3N6O. The SMILES string of the molecule is C[C@@H]1C[C@H](N)CN(c2ccncc2Cc2ncc3ccc(-c4c(F)cc(C5(F)COC5)cc4F)nn23)C1. The van der Waals surface area contributed by atoms with Crippen LogP contribution in [0.25, 0.3) is 16.8 Å². The van der Waals surface area contributed by atoms with Gasteiger partial charge in [-0.05, 0) is 48.2 Å². The van der Waals surface area contributed by atoms with Crippen molar-refractivity contribution in [2.24, 2.45) is 11.7 Å². The molecule has 2 fully saturated rings. The maximum Gasteiger partial charge on any atom is 0.182 e. The minimum atomic E-state index is -1.87. The first-order valence-electron chi connectivity index (χ1n) is 12.3. The van der Waals surface area contributed by atoms with Crippen LogP contribution in [-0.4, -0.2) is 51.9 Å². The lowest BCUT2D eigenvalue weighted by molar-refractivity contribution is -0.135. The van der Waals surface area contributed by atoms with Crippen LogP contribution in [0.15, 0.2) is 48.9 Å². The van der Waals surface area contributed by atoms with Crippen molar-refractivity contribution in [1.82, 2.24) is 19.6 Å². The van der Waals surface area contributed by atoms with Crippen LogP contribution in [0.1, 0.15) is 30.3 Å². The largest absolute Gasteiger partial charge is 0.374 e. The Morgan fingerprint density at radius 1 is 1.11 bits per heavy atom. The highest BCUT2D eigenvalue weighted by atomic mass is 19.1. The van der Waals surface area contributed by atoms with Crippen LogP contribution in [0.3, 0.4) is 0 Å². The molecule has 0 unspecified atom stereocenters. The van der Waals surface area contributed by atoms with E-state index in [1.165, 1.54) is 6.07 Å². The molecule has 10 heteroatoms. The normalized spacial score (nSPS) is 21.3. The zero-order valence-electron chi connectivity index (χ0n) is 20.4. The molecule has 2 atom stereocenters. The van der Waals surface area contributed by atoms with E-state index < -0.39 is 17.3 Å². The van der Waals surface area contributed by atoms with E-state index in [1.54, 1.807) is 29.2 Å².